The van der Waals surface area contributed by atoms with Crippen molar-refractivity contribution in [2.75, 3.05) is 26.2 Å². The molecule has 0 aromatic carbocycles. The van der Waals surface area contributed by atoms with Crippen LogP contribution in [0.3, 0.4) is 0 Å². The van der Waals surface area contributed by atoms with Crippen molar-refractivity contribution in [3.05, 3.63) is 22.9 Å². The average molecular weight is 402 g/mol. The topological polar surface area (TPSA) is 108 Å². The van der Waals surface area contributed by atoms with Crippen molar-refractivity contribution in [3.63, 3.8) is 0 Å². The van der Waals surface area contributed by atoms with Gasteiger partial charge in [0.1, 0.15) is 11.7 Å². The lowest BCUT2D eigenvalue weighted by atomic mass is 9.85. The number of β-amino-alcohol motifs (C(OH)–C–C–N with tert-alkyl or cyclic N) is 1. The van der Waals surface area contributed by atoms with Gasteiger partial charge in [0.05, 0.1) is 30.0 Å². The smallest absolute Gasteiger partial charge is 0.264 e. The van der Waals surface area contributed by atoms with E-state index in [0.717, 1.165) is 38.9 Å². The summed E-state index contributed by atoms with van der Waals surface area (Å²) in [6.45, 7) is 5.24. The minimum Gasteiger partial charge on any atom is -0.389 e. The van der Waals surface area contributed by atoms with Gasteiger partial charge < -0.3 is 15.5 Å². The van der Waals surface area contributed by atoms with Crippen LogP contribution in [0.25, 0.3) is 11.0 Å². The molecule has 1 aliphatic carbocycles. The quantitative estimate of drug-likeness (QED) is 0.654. The van der Waals surface area contributed by atoms with Gasteiger partial charge in [-0.15, -0.1) is 0 Å². The van der Waals surface area contributed by atoms with Gasteiger partial charge in [-0.2, -0.15) is 5.10 Å². The van der Waals surface area contributed by atoms with Crippen LogP contribution in [-0.4, -0.2) is 77.9 Å². The van der Waals surface area contributed by atoms with Gasteiger partial charge >= 0.3 is 0 Å². The Morgan fingerprint density at radius 1 is 1.21 bits per heavy atom. The number of aliphatic hydroxyl groups is 2. The van der Waals surface area contributed by atoms with Gasteiger partial charge in [-0.05, 0) is 52.1 Å². The molecule has 0 bridgehead atoms. The molecule has 2 aromatic rings. The Bertz CT molecular complexity index is 961. The monoisotopic (exact) mass is 402 g/mol. The van der Waals surface area contributed by atoms with Crippen LogP contribution >= 0.6 is 0 Å². The Balaban J connectivity index is 1.39. The van der Waals surface area contributed by atoms with Crippen LogP contribution in [0.2, 0.25) is 0 Å². The van der Waals surface area contributed by atoms with Crippen LogP contribution in [0.1, 0.15) is 45.1 Å². The summed E-state index contributed by atoms with van der Waals surface area (Å²) in [6, 6.07) is 0.504. The molecular formula is C20H30N6O3. The molecule has 2 aliphatic heterocycles. The minimum absolute atomic E-state index is 0.145. The van der Waals surface area contributed by atoms with Gasteiger partial charge in [0.15, 0.2) is 5.65 Å². The summed E-state index contributed by atoms with van der Waals surface area (Å²) >= 11 is 0. The van der Waals surface area contributed by atoms with Crippen molar-refractivity contribution < 1.29 is 10.2 Å². The van der Waals surface area contributed by atoms with Crippen molar-refractivity contribution in [2.45, 2.75) is 68.9 Å². The van der Waals surface area contributed by atoms with E-state index < -0.39 is 11.2 Å². The van der Waals surface area contributed by atoms with E-state index >= 15 is 0 Å². The highest BCUT2D eigenvalue weighted by atomic mass is 16.3. The Hall–Kier alpha value is -1.81. The second kappa shape index (κ2) is 6.87. The minimum atomic E-state index is -0.869. The molecule has 9 nitrogen and oxygen atoms in total. The van der Waals surface area contributed by atoms with Crippen LogP contribution in [0, 0.1) is 0 Å². The van der Waals surface area contributed by atoms with Gasteiger partial charge in [0.25, 0.3) is 5.56 Å². The number of fused-ring (bicyclic) bond motifs is 1. The van der Waals surface area contributed by atoms with E-state index in [0.29, 0.717) is 36.5 Å². The molecule has 29 heavy (non-hydrogen) atoms. The molecule has 5 rings (SSSR count). The van der Waals surface area contributed by atoms with Gasteiger partial charge in [-0.25, -0.2) is 9.67 Å². The Morgan fingerprint density at radius 3 is 2.62 bits per heavy atom. The second-order valence-electron chi connectivity index (χ2n) is 9.41. The zero-order chi connectivity index (χ0) is 20.2. The van der Waals surface area contributed by atoms with E-state index in [-0.39, 0.29) is 18.1 Å². The number of aromatic nitrogens is 4. The zero-order valence-corrected chi connectivity index (χ0v) is 16.9. The molecule has 2 unspecified atom stereocenters. The zero-order valence-electron chi connectivity index (χ0n) is 16.9. The summed E-state index contributed by atoms with van der Waals surface area (Å²) in [5, 5.41) is 29.3. The van der Waals surface area contributed by atoms with Crippen molar-refractivity contribution in [1.29, 1.82) is 0 Å². The van der Waals surface area contributed by atoms with E-state index in [2.05, 4.69) is 20.3 Å². The van der Waals surface area contributed by atoms with E-state index in [1.807, 2.05) is 11.6 Å². The maximum Gasteiger partial charge on any atom is 0.264 e. The molecule has 0 spiro atoms. The molecule has 1 saturated carbocycles. The predicted octanol–water partition coefficient (Wildman–Crippen LogP) is -0.132. The number of rotatable bonds is 4. The molecular weight excluding hydrogens is 372 g/mol. The van der Waals surface area contributed by atoms with Crippen LogP contribution in [0.4, 0.5) is 0 Å². The highest BCUT2D eigenvalue weighted by Crippen LogP contribution is 2.40. The lowest BCUT2D eigenvalue weighted by Crippen LogP contribution is -2.48. The highest BCUT2D eigenvalue weighted by molar-refractivity contribution is 5.73. The first-order chi connectivity index (χ1) is 13.9. The third-order valence-corrected chi connectivity index (χ3v) is 7.05. The Kier molecular flexibility index (Phi) is 4.54. The summed E-state index contributed by atoms with van der Waals surface area (Å²) in [5.41, 5.74) is -1.02. The molecule has 4 heterocycles. The van der Waals surface area contributed by atoms with Crippen LogP contribution in [0.5, 0.6) is 0 Å². The first kappa shape index (κ1) is 19.2. The average Bonchev–Trinajstić information content (AvgIpc) is 3.21. The standard InChI is InChI=1S/C20H30N6O3/c1-19(28)6-9-24(11-19)15-2-3-16(15)26-17-14(10-23-26)18(27)25(13-22-17)12-20(29)4-7-21-8-5-20/h10,13,15-16,21,28-29H,2-9,11-12H2,1H3/t15-,16?,19?/m1/s1. The Labute approximate surface area is 169 Å². The van der Waals surface area contributed by atoms with Crippen molar-refractivity contribution in [1.82, 2.24) is 29.5 Å². The molecule has 0 amide bonds. The van der Waals surface area contributed by atoms with E-state index in [1.54, 1.807) is 12.5 Å². The molecule has 3 N–H and O–H groups in total. The normalized spacial score (nSPS) is 32.5. The molecule has 0 radical (unpaired) electrons. The molecule has 2 aromatic heterocycles. The molecule has 158 valence electrons. The van der Waals surface area contributed by atoms with Crippen LogP contribution in [0.15, 0.2) is 17.3 Å². The maximum absolute atomic E-state index is 13.0. The summed E-state index contributed by atoms with van der Waals surface area (Å²) in [7, 11) is 0. The SMILES string of the molecule is CC1(O)CCN([C@@H]2CCC2n2ncc3c(=O)n(CC4(O)CCNCC4)cnc32)C1. The van der Waals surface area contributed by atoms with E-state index in [9.17, 15) is 15.0 Å². The predicted molar refractivity (Wildman–Crippen MR) is 108 cm³/mol. The fourth-order valence-electron chi connectivity index (χ4n) is 5.13. The molecule has 3 atom stereocenters. The first-order valence-electron chi connectivity index (χ1n) is 10.7. The third-order valence-electron chi connectivity index (χ3n) is 7.05. The molecule has 2 saturated heterocycles. The number of hydrogen-bond donors (Lipinski definition) is 3. The van der Waals surface area contributed by atoms with Gasteiger partial charge in [-0.3, -0.25) is 14.3 Å². The Morgan fingerprint density at radius 2 is 1.97 bits per heavy atom. The summed E-state index contributed by atoms with van der Waals surface area (Å²) in [6.07, 6.45) is 7.27. The number of nitrogens with zero attached hydrogens (tertiary/aromatic N) is 5. The summed E-state index contributed by atoms with van der Waals surface area (Å²) in [4.78, 5) is 19.9. The molecule has 9 heteroatoms. The number of likely N-dealkylation sites (tertiary alicyclic amines) is 1. The second-order valence-corrected chi connectivity index (χ2v) is 9.41. The summed E-state index contributed by atoms with van der Waals surface area (Å²) < 4.78 is 3.41. The first-order valence-corrected chi connectivity index (χ1v) is 10.7. The number of piperidine rings is 1. The van der Waals surface area contributed by atoms with Gasteiger partial charge in [-0.1, -0.05) is 0 Å². The fourth-order valence-corrected chi connectivity index (χ4v) is 5.13. The fraction of sp³-hybridized carbons (Fsp3) is 0.750. The largest absolute Gasteiger partial charge is 0.389 e. The van der Waals surface area contributed by atoms with Crippen LogP contribution < -0.4 is 10.9 Å². The third kappa shape index (κ3) is 3.39. The number of hydrogen-bond acceptors (Lipinski definition) is 7. The van der Waals surface area contributed by atoms with Gasteiger partial charge in [0.2, 0.25) is 0 Å². The van der Waals surface area contributed by atoms with Crippen molar-refractivity contribution in [3.8, 4) is 0 Å². The van der Waals surface area contributed by atoms with E-state index in [4.69, 9.17) is 0 Å². The molecule has 3 aliphatic rings. The van der Waals surface area contributed by atoms with Crippen molar-refractivity contribution in [2.24, 2.45) is 0 Å². The highest BCUT2D eigenvalue weighted by Gasteiger charge is 2.43. The van der Waals surface area contributed by atoms with Gasteiger partial charge in [0, 0.05) is 19.1 Å². The molecule has 3 fully saturated rings. The van der Waals surface area contributed by atoms with E-state index in [1.165, 1.54) is 4.57 Å². The number of nitrogens with one attached hydrogen (secondary N) is 1. The lowest BCUT2D eigenvalue weighted by Gasteiger charge is -2.43. The maximum atomic E-state index is 13.0. The summed E-state index contributed by atoms with van der Waals surface area (Å²) in [5.74, 6) is 0. The lowest BCUT2D eigenvalue weighted by molar-refractivity contribution is -0.00629. The van der Waals surface area contributed by atoms with Crippen molar-refractivity contribution >= 4 is 11.0 Å². The van der Waals surface area contributed by atoms with Crippen LogP contribution in [-0.2, 0) is 6.54 Å².